The van der Waals surface area contributed by atoms with E-state index in [4.69, 9.17) is 28.9 Å². The maximum absolute atomic E-state index is 14.1. The fourth-order valence-corrected chi connectivity index (χ4v) is 3.24. The Morgan fingerprint density at radius 3 is 2.44 bits per heavy atom. The average molecular weight is 406 g/mol. The van der Waals surface area contributed by atoms with E-state index in [2.05, 4.69) is 15.0 Å². The number of benzene rings is 2. The number of halogens is 4. The molecule has 0 saturated carbocycles. The SMILES string of the molecule is Nc1ncn(Cc2c(Cl)cccc2Cl)c2nc(-c3cccc(F)c3F)nc1-2. The Kier molecular flexibility index (Phi) is 4.41. The summed E-state index contributed by atoms with van der Waals surface area (Å²) in [5.41, 5.74) is 6.77. The summed E-state index contributed by atoms with van der Waals surface area (Å²) in [6.07, 6.45) is 1.47. The minimum Gasteiger partial charge on any atom is -0.382 e. The third kappa shape index (κ3) is 3.09. The predicted molar refractivity (Wildman–Crippen MR) is 99.8 cm³/mol. The highest BCUT2D eigenvalue weighted by molar-refractivity contribution is 6.36. The molecule has 2 aliphatic heterocycles. The molecule has 2 aromatic rings. The largest absolute Gasteiger partial charge is 0.382 e. The molecule has 0 amide bonds. The number of rotatable bonds is 3. The first-order chi connectivity index (χ1) is 13.0. The van der Waals surface area contributed by atoms with E-state index >= 15 is 0 Å². The van der Waals surface area contributed by atoms with Gasteiger partial charge in [0.15, 0.2) is 34.8 Å². The molecule has 0 fully saturated rings. The fraction of sp³-hybridized carbons (Fsp3) is 0.0556. The summed E-state index contributed by atoms with van der Waals surface area (Å²) >= 11 is 12.5. The number of anilines is 1. The van der Waals surface area contributed by atoms with E-state index in [1.807, 2.05) is 0 Å². The molecule has 0 unspecified atom stereocenters. The van der Waals surface area contributed by atoms with Crippen LogP contribution in [0.5, 0.6) is 0 Å². The Hall–Kier alpha value is -2.77. The van der Waals surface area contributed by atoms with Crippen LogP contribution in [0.25, 0.3) is 22.9 Å². The molecule has 5 nitrogen and oxygen atoms in total. The predicted octanol–water partition coefficient (Wildman–Crippen LogP) is 4.66. The number of nitrogens with zero attached hydrogens (tertiary/aromatic N) is 4. The van der Waals surface area contributed by atoms with Crippen LogP contribution in [0.2, 0.25) is 10.0 Å². The zero-order valence-corrected chi connectivity index (χ0v) is 15.1. The van der Waals surface area contributed by atoms with Gasteiger partial charge in [0, 0.05) is 15.6 Å². The van der Waals surface area contributed by atoms with Crippen LogP contribution in [0.3, 0.4) is 0 Å². The molecule has 0 aromatic heterocycles. The highest BCUT2D eigenvalue weighted by Gasteiger charge is 2.22. The number of hydrogen-bond donors (Lipinski definition) is 1. The van der Waals surface area contributed by atoms with Crippen LogP contribution in [0.15, 0.2) is 42.7 Å². The Bertz CT molecular complexity index is 1110. The van der Waals surface area contributed by atoms with Crippen molar-refractivity contribution in [1.82, 2.24) is 19.5 Å². The van der Waals surface area contributed by atoms with Crippen molar-refractivity contribution >= 4 is 29.0 Å². The van der Waals surface area contributed by atoms with Gasteiger partial charge >= 0.3 is 0 Å². The summed E-state index contributed by atoms with van der Waals surface area (Å²) in [5, 5.41) is 0.965. The van der Waals surface area contributed by atoms with Crippen LogP contribution in [0.4, 0.5) is 14.6 Å². The molecule has 0 saturated heterocycles. The second-order valence-electron chi connectivity index (χ2n) is 5.78. The third-order valence-electron chi connectivity index (χ3n) is 4.07. The monoisotopic (exact) mass is 405 g/mol. The van der Waals surface area contributed by atoms with Gasteiger partial charge in [-0.05, 0) is 24.3 Å². The standard InChI is InChI=1S/C18H11Cl2F2N5/c19-11-4-2-5-12(20)10(11)7-27-8-24-16(23)15-18(27)26-17(25-15)9-3-1-6-13(21)14(9)22/h1-6,8H,7,23H2. The van der Waals surface area contributed by atoms with E-state index in [1.165, 1.54) is 18.5 Å². The van der Waals surface area contributed by atoms with E-state index in [1.54, 1.807) is 22.8 Å². The van der Waals surface area contributed by atoms with Crippen molar-refractivity contribution in [2.75, 3.05) is 5.73 Å². The second kappa shape index (κ2) is 6.75. The molecule has 0 spiro atoms. The van der Waals surface area contributed by atoms with Gasteiger partial charge in [-0.1, -0.05) is 35.3 Å². The topological polar surface area (TPSA) is 69.6 Å². The Morgan fingerprint density at radius 1 is 1.00 bits per heavy atom. The number of nitrogens with two attached hydrogens (primary N) is 1. The smallest absolute Gasteiger partial charge is 0.169 e. The summed E-state index contributed by atoms with van der Waals surface area (Å²) in [6, 6.07) is 8.98. The third-order valence-corrected chi connectivity index (χ3v) is 4.78. The minimum atomic E-state index is -1.03. The Labute approximate surface area is 162 Å². The lowest BCUT2D eigenvalue weighted by atomic mass is 10.2. The van der Waals surface area contributed by atoms with Crippen LogP contribution in [-0.2, 0) is 6.54 Å². The van der Waals surface area contributed by atoms with Crippen molar-refractivity contribution < 1.29 is 8.78 Å². The van der Waals surface area contributed by atoms with E-state index < -0.39 is 11.6 Å². The average Bonchev–Trinajstić information content (AvgIpc) is 3.08. The van der Waals surface area contributed by atoms with Gasteiger partial charge in [-0.25, -0.2) is 23.7 Å². The van der Waals surface area contributed by atoms with Crippen LogP contribution < -0.4 is 5.73 Å². The fourth-order valence-electron chi connectivity index (χ4n) is 2.72. The van der Waals surface area contributed by atoms with Gasteiger partial charge in [0.25, 0.3) is 0 Å². The first kappa shape index (κ1) is 17.6. The van der Waals surface area contributed by atoms with Gasteiger partial charge in [0.2, 0.25) is 0 Å². The van der Waals surface area contributed by atoms with E-state index in [0.717, 1.165) is 6.07 Å². The van der Waals surface area contributed by atoms with Crippen molar-refractivity contribution in [1.29, 1.82) is 0 Å². The first-order valence-corrected chi connectivity index (χ1v) is 8.57. The lowest BCUT2D eigenvalue weighted by Crippen LogP contribution is -2.09. The molecule has 0 atom stereocenters. The van der Waals surface area contributed by atoms with E-state index in [9.17, 15) is 8.78 Å². The summed E-state index contributed by atoms with van der Waals surface area (Å²) < 4.78 is 29.3. The molecule has 9 heteroatoms. The minimum absolute atomic E-state index is 0.0145. The van der Waals surface area contributed by atoms with Gasteiger partial charge < -0.3 is 10.3 Å². The van der Waals surface area contributed by atoms with Gasteiger partial charge in [-0.15, -0.1) is 0 Å². The van der Waals surface area contributed by atoms with Gasteiger partial charge in [-0.3, -0.25) is 0 Å². The lowest BCUT2D eigenvalue weighted by Gasteiger charge is -2.13. The maximum atomic E-state index is 14.1. The van der Waals surface area contributed by atoms with Gasteiger partial charge in [0.05, 0.1) is 18.4 Å². The Morgan fingerprint density at radius 2 is 1.70 bits per heavy atom. The molecule has 4 rings (SSSR count). The van der Waals surface area contributed by atoms with Gasteiger partial charge in [0.1, 0.15) is 0 Å². The van der Waals surface area contributed by atoms with E-state index in [0.29, 0.717) is 21.4 Å². The highest BCUT2D eigenvalue weighted by atomic mass is 35.5. The Balaban J connectivity index is 1.86. The van der Waals surface area contributed by atoms with Gasteiger partial charge in [-0.2, -0.15) is 0 Å². The molecule has 2 aliphatic rings. The molecule has 0 radical (unpaired) electrons. The molecule has 27 heavy (non-hydrogen) atoms. The van der Waals surface area contributed by atoms with Crippen LogP contribution in [0.1, 0.15) is 5.56 Å². The van der Waals surface area contributed by atoms with Crippen molar-refractivity contribution in [2.45, 2.75) is 6.54 Å². The summed E-state index contributed by atoms with van der Waals surface area (Å²) in [4.78, 5) is 12.7. The molecular formula is C18H11Cl2F2N5. The van der Waals surface area contributed by atoms with Crippen molar-refractivity contribution in [3.63, 3.8) is 0 Å². The molecule has 0 aliphatic carbocycles. The maximum Gasteiger partial charge on any atom is 0.169 e. The van der Waals surface area contributed by atoms with Crippen LogP contribution in [-0.4, -0.2) is 19.5 Å². The second-order valence-corrected chi connectivity index (χ2v) is 6.59. The number of aromatic nitrogens is 4. The quantitative estimate of drug-likeness (QED) is 0.537. The number of imidazole rings is 1. The zero-order valence-electron chi connectivity index (χ0n) is 13.6. The van der Waals surface area contributed by atoms with Crippen LogP contribution >= 0.6 is 23.2 Å². The number of nitrogen functional groups attached to an aromatic ring is 1. The summed E-state index contributed by atoms with van der Waals surface area (Å²) in [6.45, 7) is 0.256. The number of hydrogen-bond acceptors (Lipinski definition) is 4. The van der Waals surface area contributed by atoms with Crippen molar-refractivity contribution in [3.8, 4) is 22.9 Å². The van der Waals surface area contributed by atoms with Crippen LogP contribution in [0, 0.1) is 11.6 Å². The molecule has 2 heterocycles. The first-order valence-electron chi connectivity index (χ1n) is 7.81. The van der Waals surface area contributed by atoms with Crippen molar-refractivity contribution in [3.05, 3.63) is 70.0 Å². The van der Waals surface area contributed by atoms with E-state index in [-0.39, 0.29) is 29.4 Å². The molecule has 136 valence electrons. The molecular weight excluding hydrogens is 395 g/mol. The summed E-state index contributed by atoms with van der Waals surface area (Å²) in [7, 11) is 0. The lowest BCUT2D eigenvalue weighted by molar-refractivity contribution is 0.510. The highest BCUT2D eigenvalue weighted by Crippen LogP contribution is 2.32. The molecule has 0 bridgehead atoms. The molecule has 2 aromatic carbocycles. The zero-order chi connectivity index (χ0) is 19.1. The number of fused-ring (bicyclic) bond motifs is 1. The van der Waals surface area contributed by atoms with Crippen molar-refractivity contribution in [2.24, 2.45) is 0 Å². The normalized spacial score (nSPS) is 11.3. The molecule has 2 N–H and O–H groups in total. The summed E-state index contributed by atoms with van der Waals surface area (Å²) in [5.74, 6) is -1.51.